The van der Waals surface area contributed by atoms with Gasteiger partial charge in [0.25, 0.3) is 0 Å². The number of hydrogen-bond acceptors (Lipinski definition) is 6. The molecule has 0 bridgehead atoms. The van der Waals surface area contributed by atoms with E-state index in [-0.39, 0.29) is 17.7 Å². The third kappa shape index (κ3) is 4.93. The number of hydrogen-bond donors (Lipinski definition) is 1. The van der Waals surface area contributed by atoms with Crippen LogP contribution in [0.2, 0.25) is 0 Å². The molecule has 7 nitrogen and oxygen atoms in total. The first-order valence-electron chi connectivity index (χ1n) is 10.4. The average Bonchev–Trinajstić information content (AvgIpc) is 3.41. The predicted molar refractivity (Wildman–Crippen MR) is 114 cm³/mol. The first-order valence-corrected chi connectivity index (χ1v) is 11.2. The third-order valence-corrected chi connectivity index (χ3v) is 6.56. The molecule has 0 spiro atoms. The lowest BCUT2D eigenvalue weighted by Crippen LogP contribution is -2.43. The number of benzene rings is 1. The molecule has 0 saturated carbocycles. The summed E-state index contributed by atoms with van der Waals surface area (Å²) >= 11 is 1.45. The Hall–Kier alpha value is -2.48. The number of carbonyl (C=O) groups is 2. The van der Waals surface area contributed by atoms with Crippen molar-refractivity contribution in [1.29, 1.82) is 0 Å². The van der Waals surface area contributed by atoms with Gasteiger partial charge in [-0.1, -0.05) is 41.7 Å². The maximum Gasteiger partial charge on any atom is 0.228 e. The van der Waals surface area contributed by atoms with Crippen LogP contribution in [0, 0.1) is 5.92 Å². The topological polar surface area (TPSA) is 78.4 Å². The lowest BCUT2D eigenvalue weighted by Gasteiger charge is -2.31. The van der Waals surface area contributed by atoms with Crippen molar-refractivity contribution in [1.82, 2.24) is 15.5 Å². The Morgan fingerprint density at radius 2 is 1.97 bits per heavy atom. The SMILES string of the molecule is O=C(NCCCc1ccccc1)[C@@H]1CCCN(c2nnc(N3CCCC3=O)s2)C1. The molecule has 1 aromatic carbocycles. The molecule has 154 valence electrons. The Morgan fingerprint density at radius 3 is 2.76 bits per heavy atom. The highest BCUT2D eigenvalue weighted by atomic mass is 32.1. The minimum Gasteiger partial charge on any atom is -0.356 e. The van der Waals surface area contributed by atoms with E-state index in [1.165, 1.54) is 16.9 Å². The number of amides is 2. The summed E-state index contributed by atoms with van der Waals surface area (Å²) in [7, 11) is 0. The monoisotopic (exact) mass is 413 g/mol. The number of anilines is 2. The molecule has 1 atom stereocenters. The highest BCUT2D eigenvalue weighted by molar-refractivity contribution is 7.19. The smallest absolute Gasteiger partial charge is 0.228 e. The number of piperidine rings is 1. The van der Waals surface area contributed by atoms with E-state index in [2.05, 4.69) is 32.5 Å². The van der Waals surface area contributed by atoms with Crippen LogP contribution < -0.4 is 15.1 Å². The van der Waals surface area contributed by atoms with E-state index in [9.17, 15) is 9.59 Å². The van der Waals surface area contributed by atoms with Crippen LogP contribution in [0.3, 0.4) is 0 Å². The molecule has 1 aromatic heterocycles. The molecule has 0 radical (unpaired) electrons. The first kappa shape index (κ1) is 19.8. The standard InChI is InChI=1S/C21H27N5O2S/c27-18-11-6-14-26(18)21-24-23-20(29-21)25-13-5-10-17(15-25)19(28)22-12-4-9-16-7-2-1-3-8-16/h1-3,7-8,17H,4-6,9-15H2,(H,22,28)/t17-/m1/s1. The predicted octanol–water partition coefficient (Wildman–Crippen LogP) is 2.63. The van der Waals surface area contributed by atoms with E-state index in [1.54, 1.807) is 4.90 Å². The molecule has 29 heavy (non-hydrogen) atoms. The van der Waals surface area contributed by atoms with Gasteiger partial charge in [0, 0.05) is 32.6 Å². The van der Waals surface area contributed by atoms with E-state index < -0.39 is 0 Å². The lowest BCUT2D eigenvalue weighted by atomic mass is 9.97. The van der Waals surface area contributed by atoms with E-state index >= 15 is 0 Å². The molecule has 0 unspecified atom stereocenters. The first-order chi connectivity index (χ1) is 14.2. The zero-order valence-corrected chi connectivity index (χ0v) is 17.4. The lowest BCUT2D eigenvalue weighted by molar-refractivity contribution is -0.125. The second kappa shape index (κ2) is 9.35. The van der Waals surface area contributed by atoms with E-state index in [4.69, 9.17) is 0 Å². The molecule has 2 fully saturated rings. The molecule has 1 N–H and O–H groups in total. The van der Waals surface area contributed by atoms with Crippen LogP contribution in [0.1, 0.15) is 37.7 Å². The molecule has 2 amide bonds. The molecular formula is C21H27N5O2S. The number of aromatic nitrogens is 2. The van der Waals surface area contributed by atoms with E-state index in [1.807, 2.05) is 18.2 Å². The summed E-state index contributed by atoms with van der Waals surface area (Å²) in [6, 6.07) is 10.3. The highest BCUT2D eigenvalue weighted by Crippen LogP contribution is 2.32. The van der Waals surface area contributed by atoms with Gasteiger partial charge in [0.05, 0.1) is 5.92 Å². The number of aryl methyl sites for hydroxylation is 1. The van der Waals surface area contributed by atoms with Gasteiger partial charge in [-0.05, 0) is 37.7 Å². The van der Waals surface area contributed by atoms with Gasteiger partial charge in [0.2, 0.25) is 22.1 Å². The highest BCUT2D eigenvalue weighted by Gasteiger charge is 2.29. The van der Waals surface area contributed by atoms with E-state index in [0.29, 0.717) is 24.6 Å². The molecule has 2 aliphatic rings. The van der Waals surface area contributed by atoms with Crippen LogP contribution in [0.15, 0.2) is 30.3 Å². The van der Waals surface area contributed by atoms with Gasteiger partial charge in [0.1, 0.15) is 0 Å². The van der Waals surface area contributed by atoms with Crippen LogP contribution in [0.4, 0.5) is 10.3 Å². The quantitative estimate of drug-likeness (QED) is 0.706. The van der Waals surface area contributed by atoms with Gasteiger partial charge in [-0.3, -0.25) is 14.5 Å². The second-order valence-corrected chi connectivity index (χ2v) is 8.62. The molecule has 0 aliphatic carbocycles. The summed E-state index contributed by atoms with van der Waals surface area (Å²) in [5, 5.41) is 13.1. The largest absolute Gasteiger partial charge is 0.356 e. The summed E-state index contributed by atoms with van der Waals surface area (Å²) in [6.45, 7) is 2.96. The third-order valence-electron chi connectivity index (χ3n) is 5.55. The van der Waals surface area contributed by atoms with Crippen LogP contribution in [-0.4, -0.2) is 48.2 Å². The van der Waals surface area contributed by atoms with Gasteiger partial charge in [0.15, 0.2) is 0 Å². The zero-order chi connectivity index (χ0) is 20.1. The second-order valence-electron chi connectivity index (χ2n) is 7.68. The van der Waals surface area contributed by atoms with Crippen molar-refractivity contribution in [3.63, 3.8) is 0 Å². The number of nitrogens with zero attached hydrogens (tertiary/aromatic N) is 4. The molecule has 8 heteroatoms. The van der Waals surface area contributed by atoms with Crippen molar-refractivity contribution in [3.8, 4) is 0 Å². The van der Waals surface area contributed by atoms with Crippen molar-refractivity contribution in [2.45, 2.75) is 38.5 Å². The summed E-state index contributed by atoms with van der Waals surface area (Å²) in [5.74, 6) is 0.225. The van der Waals surface area contributed by atoms with E-state index in [0.717, 1.165) is 50.3 Å². The summed E-state index contributed by atoms with van der Waals surface area (Å²) < 4.78 is 0. The normalized spacial score (nSPS) is 19.6. The Kier molecular flexibility index (Phi) is 6.39. The molecule has 2 aromatic rings. The molecular weight excluding hydrogens is 386 g/mol. The summed E-state index contributed by atoms with van der Waals surface area (Å²) in [4.78, 5) is 28.4. The molecule has 4 rings (SSSR count). The summed E-state index contributed by atoms with van der Waals surface area (Å²) in [5.41, 5.74) is 1.30. The average molecular weight is 414 g/mol. The fourth-order valence-corrected chi connectivity index (χ4v) is 4.88. The fourth-order valence-electron chi connectivity index (χ4n) is 3.95. The Bertz CT molecular complexity index is 841. The summed E-state index contributed by atoms with van der Waals surface area (Å²) in [6.07, 6.45) is 5.24. The Morgan fingerprint density at radius 1 is 1.14 bits per heavy atom. The maximum atomic E-state index is 12.6. The molecule has 3 heterocycles. The van der Waals surface area contributed by atoms with Crippen molar-refractivity contribution in [3.05, 3.63) is 35.9 Å². The van der Waals surface area contributed by atoms with Gasteiger partial charge in [-0.15, -0.1) is 10.2 Å². The van der Waals surface area contributed by atoms with Crippen molar-refractivity contribution < 1.29 is 9.59 Å². The van der Waals surface area contributed by atoms with Gasteiger partial charge in [-0.25, -0.2) is 0 Å². The zero-order valence-electron chi connectivity index (χ0n) is 16.5. The Labute approximate surface area is 175 Å². The van der Waals surface area contributed by atoms with Crippen LogP contribution in [-0.2, 0) is 16.0 Å². The van der Waals surface area contributed by atoms with Crippen molar-refractivity contribution in [2.24, 2.45) is 5.92 Å². The van der Waals surface area contributed by atoms with Crippen LogP contribution in [0.5, 0.6) is 0 Å². The van der Waals surface area contributed by atoms with Crippen molar-refractivity contribution in [2.75, 3.05) is 36.0 Å². The Balaban J connectivity index is 1.26. The number of nitrogens with one attached hydrogen (secondary N) is 1. The number of rotatable bonds is 7. The van der Waals surface area contributed by atoms with Crippen molar-refractivity contribution >= 4 is 33.4 Å². The van der Waals surface area contributed by atoms with Gasteiger partial charge in [-0.2, -0.15) is 0 Å². The maximum absolute atomic E-state index is 12.6. The minimum atomic E-state index is -0.0266. The van der Waals surface area contributed by atoms with Gasteiger partial charge < -0.3 is 10.2 Å². The molecule has 2 aliphatic heterocycles. The minimum absolute atomic E-state index is 0.0266. The fraction of sp³-hybridized carbons (Fsp3) is 0.524. The van der Waals surface area contributed by atoms with Gasteiger partial charge >= 0.3 is 0 Å². The van der Waals surface area contributed by atoms with Crippen LogP contribution in [0.25, 0.3) is 0 Å². The number of carbonyl (C=O) groups excluding carboxylic acids is 2. The van der Waals surface area contributed by atoms with Crippen LogP contribution >= 0.6 is 11.3 Å². The molecule has 2 saturated heterocycles.